The van der Waals surface area contributed by atoms with Gasteiger partial charge in [-0.1, -0.05) is 60.8 Å². The maximum atomic E-state index is 13.1. The van der Waals surface area contributed by atoms with Crippen LogP contribution in [-0.4, -0.2) is 34.2 Å². The zero-order valence-electron chi connectivity index (χ0n) is 16.9. The molecule has 0 bridgehead atoms. The van der Waals surface area contributed by atoms with Gasteiger partial charge in [0.15, 0.2) is 0 Å². The van der Waals surface area contributed by atoms with E-state index in [4.69, 9.17) is 27.9 Å². The molecule has 1 aliphatic heterocycles. The minimum absolute atomic E-state index is 0.0341. The Bertz CT molecular complexity index is 831. The van der Waals surface area contributed by atoms with Crippen LogP contribution in [0.3, 0.4) is 0 Å². The van der Waals surface area contributed by atoms with Gasteiger partial charge in [0.25, 0.3) is 0 Å². The van der Waals surface area contributed by atoms with Crippen molar-refractivity contribution in [3.8, 4) is 0 Å². The highest BCUT2D eigenvalue weighted by atomic mass is 35.5. The molecule has 2 aromatic carbocycles. The van der Waals surface area contributed by atoms with Gasteiger partial charge in [-0.25, -0.2) is 0 Å². The number of morpholine rings is 1. The van der Waals surface area contributed by atoms with Crippen molar-refractivity contribution in [1.29, 1.82) is 0 Å². The van der Waals surface area contributed by atoms with E-state index >= 15 is 0 Å². The van der Waals surface area contributed by atoms with E-state index in [-0.39, 0.29) is 24.7 Å². The molecule has 1 N–H and O–H groups in total. The highest BCUT2D eigenvalue weighted by Crippen LogP contribution is 2.43. The van der Waals surface area contributed by atoms with E-state index in [2.05, 4.69) is 6.92 Å². The van der Waals surface area contributed by atoms with Gasteiger partial charge in [-0.15, -0.1) is 0 Å². The van der Waals surface area contributed by atoms with Crippen molar-refractivity contribution in [2.75, 3.05) is 6.61 Å². The number of ether oxygens (including phenoxy) is 1. The molecular weight excluding hydrogens is 409 g/mol. The molecule has 1 saturated heterocycles. The van der Waals surface area contributed by atoms with Crippen molar-refractivity contribution in [2.45, 2.75) is 57.4 Å². The summed E-state index contributed by atoms with van der Waals surface area (Å²) in [5, 5.41) is 12.2. The van der Waals surface area contributed by atoms with Crippen LogP contribution in [-0.2, 0) is 9.53 Å². The zero-order chi connectivity index (χ0) is 21.2. The summed E-state index contributed by atoms with van der Waals surface area (Å²) in [6, 6.07) is 14.2. The van der Waals surface area contributed by atoms with Crippen LogP contribution >= 0.6 is 23.2 Å². The quantitative estimate of drug-likeness (QED) is 0.644. The molecule has 4 nitrogen and oxygen atoms in total. The normalized spacial score (nSPS) is 21.3. The molecule has 0 saturated carbocycles. The van der Waals surface area contributed by atoms with Crippen molar-refractivity contribution < 1.29 is 14.6 Å². The van der Waals surface area contributed by atoms with Crippen molar-refractivity contribution >= 4 is 29.1 Å². The molecule has 0 unspecified atom stereocenters. The van der Waals surface area contributed by atoms with Crippen LogP contribution in [0.15, 0.2) is 48.5 Å². The number of halogens is 2. The Morgan fingerprint density at radius 1 is 1.07 bits per heavy atom. The standard InChI is InChI=1S/C23H27Cl2NO3/c1-4-5-19(23(2,3)28)26-20(27)14-29-22(16-8-12-18(25)13-9-16)21(26)15-6-10-17(24)11-7-15/h6-13,19,21-22,28H,4-5,14H2,1-3H3/t19-,21-,22+/m0/s1. The van der Waals surface area contributed by atoms with Gasteiger partial charge < -0.3 is 14.7 Å². The average Bonchev–Trinajstić information content (AvgIpc) is 2.67. The average molecular weight is 436 g/mol. The van der Waals surface area contributed by atoms with Crippen LogP contribution in [0, 0.1) is 0 Å². The lowest BCUT2D eigenvalue weighted by Crippen LogP contribution is -2.57. The minimum Gasteiger partial charge on any atom is -0.388 e. The highest BCUT2D eigenvalue weighted by Gasteiger charge is 2.45. The summed E-state index contributed by atoms with van der Waals surface area (Å²) in [7, 11) is 0. The second kappa shape index (κ2) is 9.05. The number of hydrogen-bond acceptors (Lipinski definition) is 3. The molecule has 1 amide bonds. The lowest BCUT2D eigenvalue weighted by atomic mass is 9.86. The van der Waals surface area contributed by atoms with Crippen molar-refractivity contribution in [2.24, 2.45) is 0 Å². The Morgan fingerprint density at radius 2 is 1.59 bits per heavy atom. The predicted octanol–water partition coefficient (Wildman–Crippen LogP) is 5.57. The summed E-state index contributed by atoms with van der Waals surface area (Å²) in [6.45, 7) is 5.53. The second-order valence-corrected chi connectivity index (χ2v) is 8.91. The number of carbonyl (C=O) groups excluding carboxylic acids is 1. The molecule has 0 radical (unpaired) electrons. The van der Waals surface area contributed by atoms with E-state index in [9.17, 15) is 9.90 Å². The first kappa shape index (κ1) is 22.1. The number of benzene rings is 2. The Labute approximate surface area is 182 Å². The fourth-order valence-electron chi connectivity index (χ4n) is 4.03. The van der Waals surface area contributed by atoms with E-state index in [1.807, 2.05) is 53.4 Å². The summed E-state index contributed by atoms with van der Waals surface area (Å²) in [5.74, 6) is -0.129. The number of carbonyl (C=O) groups is 1. The molecule has 2 aromatic rings. The van der Waals surface area contributed by atoms with Gasteiger partial charge in [-0.05, 0) is 55.7 Å². The summed E-state index contributed by atoms with van der Waals surface area (Å²) in [4.78, 5) is 14.9. The largest absolute Gasteiger partial charge is 0.388 e. The van der Waals surface area contributed by atoms with Crippen LogP contribution in [0.5, 0.6) is 0 Å². The first-order chi connectivity index (χ1) is 13.7. The van der Waals surface area contributed by atoms with Crippen molar-refractivity contribution in [1.82, 2.24) is 4.90 Å². The van der Waals surface area contributed by atoms with E-state index < -0.39 is 11.6 Å². The topological polar surface area (TPSA) is 49.8 Å². The minimum atomic E-state index is -1.06. The fourth-order valence-corrected chi connectivity index (χ4v) is 4.28. The number of rotatable bonds is 6. The SMILES string of the molecule is CCC[C@H](N1C(=O)CO[C@H](c2ccc(Cl)cc2)[C@@H]1c1ccc(Cl)cc1)C(C)(C)O. The number of nitrogens with zero attached hydrogens (tertiary/aromatic N) is 1. The van der Waals surface area contributed by atoms with Crippen LogP contribution in [0.2, 0.25) is 10.0 Å². The van der Waals surface area contributed by atoms with Gasteiger partial charge in [-0.3, -0.25) is 4.79 Å². The van der Waals surface area contributed by atoms with Gasteiger partial charge in [-0.2, -0.15) is 0 Å². The van der Waals surface area contributed by atoms with Crippen molar-refractivity contribution in [3.05, 3.63) is 69.7 Å². The molecule has 0 aromatic heterocycles. The Hall–Kier alpha value is -1.59. The van der Waals surface area contributed by atoms with Gasteiger partial charge in [0.1, 0.15) is 12.7 Å². The lowest BCUT2D eigenvalue weighted by molar-refractivity contribution is -0.173. The Balaban J connectivity index is 2.13. The van der Waals surface area contributed by atoms with E-state index in [1.165, 1.54) is 0 Å². The van der Waals surface area contributed by atoms with E-state index in [0.717, 1.165) is 17.5 Å². The van der Waals surface area contributed by atoms with Crippen LogP contribution in [0.25, 0.3) is 0 Å². The van der Waals surface area contributed by atoms with Crippen LogP contribution < -0.4 is 0 Å². The fraction of sp³-hybridized carbons (Fsp3) is 0.435. The van der Waals surface area contributed by atoms with Gasteiger partial charge in [0.05, 0.1) is 17.7 Å². The molecule has 3 rings (SSSR count). The summed E-state index contributed by atoms with van der Waals surface area (Å²) in [5.41, 5.74) is 0.781. The highest BCUT2D eigenvalue weighted by molar-refractivity contribution is 6.30. The molecular formula is C23H27Cl2NO3. The van der Waals surface area contributed by atoms with Crippen LogP contribution in [0.4, 0.5) is 0 Å². The van der Waals surface area contributed by atoms with Crippen molar-refractivity contribution in [3.63, 3.8) is 0 Å². The molecule has 3 atom stereocenters. The second-order valence-electron chi connectivity index (χ2n) is 8.04. The van der Waals surface area contributed by atoms with Gasteiger partial charge >= 0.3 is 0 Å². The smallest absolute Gasteiger partial charge is 0.249 e. The van der Waals surface area contributed by atoms with E-state index in [1.54, 1.807) is 13.8 Å². The number of amides is 1. The lowest BCUT2D eigenvalue weighted by Gasteiger charge is -2.48. The predicted molar refractivity (Wildman–Crippen MR) is 116 cm³/mol. The molecule has 0 spiro atoms. The van der Waals surface area contributed by atoms with E-state index in [0.29, 0.717) is 16.5 Å². The Kier molecular flexibility index (Phi) is 6.90. The van der Waals surface area contributed by atoms with Gasteiger partial charge in [0.2, 0.25) is 5.91 Å². The summed E-state index contributed by atoms with van der Waals surface area (Å²) >= 11 is 12.2. The summed E-state index contributed by atoms with van der Waals surface area (Å²) in [6.07, 6.45) is 1.15. The third-order valence-corrected chi connectivity index (χ3v) is 5.89. The monoisotopic (exact) mass is 435 g/mol. The zero-order valence-corrected chi connectivity index (χ0v) is 18.5. The first-order valence-electron chi connectivity index (χ1n) is 9.88. The Morgan fingerprint density at radius 3 is 2.07 bits per heavy atom. The first-order valence-corrected chi connectivity index (χ1v) is 10.6. The molecule has 1 fully saturated rings. The molecule has 1 aliphatic rings. The third-order valence-electron chi connectivity index (χ3n) is 5.38. The molecule has 156 valence electrons. The van der Waals surface area contributed by atoms with Gasteiger partial charge in [0, 0.05) is 10.0 Å². The third kappa shape index (κ3) is 4.95. The maximum absolute atomic E-state index is 13.1. The molecule has 0 aliphatic carbocycles. The molecule has 29 heavy (non-hydrogen) atoms. The maximum Gasteiger partial charge on any atom is 0.249 e. The molecule has 6 heteroatoms. The number of hydrogen-bond donors (Lipinski definition) is 1. The molecule has 1 heterocycles. The summed E-state index contributed by atoms with van der Waals surface area (Å²) < 4.78 is 6.04. The number of aliphatic hydroxyl groups is 1. The van der Waals surface area contributed by atoms with Crippen LogP contribution in [0.1, 0.15) is 56.9 Å².